The summed E-state index contributed by atoms with van der Waals surface area (Å²) in [4.78, 5) is 0. The zero-order chi connectivity index (χ0) is 24.9. The molecule has 0 unspecified atom stereocenters. The summed E-state index contributed by atoms with van der Waals surface area (Å²) in [7, 11) is 0. The molecule has 0 aromatic heterocycles. The quantitative estimate of drug-likeness (QED) is 0.266. The minimum absolute atomic E-state index is 0.0189. The molecule has 0 aliphatic heterocycles. The monoisotopic (exact) mass is 482 g/mol. The first-order chi connectivity index (χ1) is 16.9. The standard InChI is InChI=1S/C28H22F4O3/c1-2-34-15-19-3-4-20(26(30)25(19)29)16-35-22-11-7-18(8-12-22)24-14-13-23(27(31)28(24)32)17-5-9-21(33)10-6-17/h3-14,33H,2,15-16H2,1H3. The lowest BCUT2D eigenvalue weighted by Crippen LogP contribution is -2.04. The van der Waals surface area contributed by atoms with Gasteiger partial charge in [-0.1, -0.05) is 48.5 Å². The summed E-state index contributed by atoms with van der Waals surface area (Å²) in [5, 5.41) is 9.39. The van der Waals surface area contributed by atoms with Crippen molar-refractivity contribution >= 4 is 0 Å². The zero-order valence-electron chi connectivity index (χ0n) is 18.8. The molecule has 0 saturated carbocycles. The average molecular weight is 482 g/mol. The number of halogens is 4. The van der Waals surface area contributed by atoms with Crippen LogP contribution in [-0.2, 0) is 18.0 Å². The third kappa shape index (κ3) is 5.30. The number of ether oxygens (including phenoxy) is 2. The van der Waals surface area contributed by atoms with Crippen LogP contribution < -0.4 is 4.74 Å². The SMILES string of the molecule is CCOCc1ccc(COc2ccc(-c3ccc(-c4ccc(O)cc4)c(F)c3F)cc2)c(F)c1F. The Morgan fingerprint density at radius 1 is 0.600 bits per heavy atom. The summed E-state index contributed by atoms with van der Waals surface area (Å²) >= 11 is 0. The van der Waals surface area contributed by atoms with Crippen molar-refractivity contribution in [2.75, 3.05) is 6.61 Å². The number of benzene rings is 4. The van der Waals surface area contributed by atoms with Crippen LogP contribution in [0.25, 0.3) is 22.3 Å². The van der Waals surface area contributed by atoms with E-state index in [2.05, 4.69) is 0 Å². The van der Waals surface area contributed by atoms with Gasteiger partial charge in [0.25, 0.3) is 0 Å². The van der Waals surface area contributed by atoms with E-state index in [4.69, 9.17) is 9.47 Å². The fourth-order valence-electron chi connectivity index (χ4n) is 3.59. The maximum atomic E-state index is 14.8. The highest BCUT2D eigenvalue weighted by molar-refractivity contribution is 5.72. The van der Waals surface area contributed by atoms with E-state index < -0.39 is 23.3 Å². The fourth-order valence-corrected chi connectivity index (χ4v) is 3.59. The Morgan fingerprint density at radius 3 is 1.60 bits per heavy atom. The van der Waals surface area contributed by atoms with Crippen LogP contribution in [0.5, 0.6) is 11.5 Å². The van der Waals surface area contributed by atoms with Crippen molar-refractivity contribution in [3.8, 4) is 33.8 Å². The fraction of sp³-hybridized carbons (Fsp3) is 0.143. The van der Waals surface area contributed by atoms with E-state index in [9.17, 15) is 22.7 Å². The molecule has 0 fully saturated rings. The largest absolute Gasteiger partial charge is 0.508 e. The molecule has 0 aliphatic carbocycles. The van der Waals surface area contributed by atoms with Crippen molar-refractivity contribution in [2.24, 2.45) is 0 Å². The van der Waals surface area contributed by atoms with Gasteiger partial charge in [0, 0.05) is 28.9 Å². The molecule has 0 bridgehead atoms. The Morgan fingerprint density at radius 2 is 1.09 bits per heavy atom. The van der Waals surface area contributed by atoms with Gasteiger partial charge in [-0.15, -0.1) is 0 Å². The molecule has 4 rings (SSSR count). The van der Waals surface area contributed by atoms with Crippen LogP contribution in [0.1, 0.15) is 18.1 Å². The van der Waals surface area contributed by atoms with Crippen LogP contribution in [0.4, 0.5) is 17.6 Å². The number of hydrogen-bond acceptors (Lipinski definition) is 3. The molecule has 4 aromatic carbocycles. The van der Waals surface area contributed by atoms with Crippen LogP contribution in [0.15, 0.2) is 72.8 Å². The van der Waals surface area contributed by atoms with E-state index in [0.717, 1.165) is 0 Å². The van der Waals surface area contributed by atoms with Gasteiger partial charge < -0.3 is 14.6 Å². The maximum absolute atomic E-state index is 14.8. The molecule has 0 spiro atoms. The average Bonchev–Trinajstić information content (AvgIpc) is 2.87. The molecule has 0 saturated heterocycles. The van der Waals surface area contributed by atoms with Crippen LogP contribution in [0.2, 0.25) is 0 Å². The van der Waals surface area contributed by atoms with E-state index in [0.29, 0.717) is 23.5 Å². The number of phenolic OH excluding ortho intramolecular Hbond substituents is 1. The maximum Gasteiger partial charge on any atom is 0.167 e. The topological polar surface area (TPSA) is 38.7 Å². The molecule has 0 radical (unpaired) electrons. The molecule has 0 heterocycles. The van der Waals surface area contributed by atoms with Gasteiger partial charge in [0.05, 0.1) is 6.61 Å². The van der Waals surface area contributed by atoms with E-state index in [1.54, 1.807) is 19.1 Å². The second kappa shape index (κ2) is 10.6. The van der Waals surface area contributed by atoms with Crippen LogP contribution in [0, 0.1) is 23.3 Å². The normalized spacial score (nSPS) is 11.0. The molecular formula is C28H22F4O3. The van der Waals surface area contributed by atoms with Gasteiger partial charge in [0.1, 0.15) is 18.1 Å². The van der Waals surface area contributed by atoms with Crippen molar-refractivity contribution in [2.45, 2.75) is 20.1 Å². The summed E-state index contributed by atoms with van der Waals surface area (Å²) in [6.45, 7) is 1.93. The molecule has 4 aromatic rings. The molecule has 1 N–H and O–H groups in total. The van der Waals surface area contributed by atoms with Gasteiger partial charge in [-0.25, -0.2) is 17.6 Å². The second-order valence-corrected chi connectivity index (χ2v) is 7.80. The van der Waals surface area contributed by atoms with E-state index in [1.807, 2.05) is 0 Å². The molecular weight excluding hydrogens is 460 g/mol. The summed E-state index contributed by atoms with van der Waals surface area (Å²) in [6, 6.07) is 17.8. The van der Waals surface area contributed by atoms with Crippen LogP contribution in [0.3, 0.4) is 0 Å². The predicted octanol–water partition coefficient (Wildman–Crippen LogP) is 7.40. The lowest BCUT2D eigenvalue weighted by Gasteiger charge is -2.12. The molecule has 7 heteroatoms. The van der Waals surface area contributed by atoms with E-state index in [1.165, 1.54) is 60.7 Å². The van der Waals surface area contributed by atoms with Crippen LogP contribution in [-0.4, -0.2) is 11.7 Å². The van der Waals surface area contributed by atoms with E-state index >= 15 is 0 Å². The Labute approximate surface area is 200 Å². The third-order valence-electron chi connectivity index (χ3n) is 5.52. The predicted molar refractivity (Wildman–Crippen MR) is 125 cm³/mol. The first kappa shape index (κ1) is 24.3. The Hall–Kier alpha value is -3.84. The van der Waals surface area contributed by atoms with Gasteiger partial charge in [-0.3, -0.25) is 0 Å². The molecule has 180 valence electrons. The van der Waals surface area contributed by atoms with Crippen molar-refractivity contribution in [3.05, 3.63) is 107 Å². The lowest BCUT2D eigenvalue weighted by atomic mass is 9.98. The smallest absolute Gasteiger partial charge is 0.167 e. The summed E-state index contributed by atoms with van der Waals surface area (Å²) in [5.74, 6) is -3.59. The zero-order valence-corrected chi connectivity index (χ0v) is 18.8. The minimum atomic E-state index is -1.01. The molecule has 0 atom stereocenters. The minimum Gasteiger partial charge on any atom is -0.508 e. The highest BCUT2D eigenvalue weighted by Crippen LogP contribution is 2.33. The van der Waals surface area contributed by atoms with Crippen molar-refractivity contribution in [1.29, 1.82) is 0 Å². The third-order valence-corrected chi connectivity index (χ3v) is 5.52. The number of rotatable bonds is 8. The number of phenols is 1. The van der Waals surface area contributed by atoms with Crippen molar-refractivity contribution < 1.29 is 32.1 Å². The van der Waals surface area contributed by atoms with Crippen molar-refractivity contribution in [1.82, 2.24) is 0 Å². The summed E-state index contributed by atoms with van der Waals surface area (Å²) in [5.41, 5.74) is 1.17. The Balaban J connectivity index is 1.48. The second-order valence-electron chi connectivity index (χ2n) is 7.80. The highest BCUT2D eigenvalue weighted by Gasteiger charge is 2.17. The van der Waals surface area contributed by atoms with E-state index in [-0.39, 0.29) is 41.2 Å². The summed E-state index contributed by atoms with van der Waals surface area (Å²) < 4.78 is 68.8. The first-order valence-electron chi connectivity index (χ1n) is 10.9. The van der Waals surface area contributed by atoms with Gasteiger partial charge in [-0.2, -0.15) is 0 Å². The molecule has 0 amide bonds. The van der Waals surface area contributed by atoms with Gasteiger partial charge >= 0.3 is 0 Å². The lowest BCUT2D eigenvalue weighted by molar-refractivity contribution is 0.130. The molecule has 3 nitrogen and oxygen atoms in total. The Kier molecular flexibility index (Phi) is 7.36. The van der Waals surface area contributed by atoms with Crippen molar-refractivity contribution in [3.63, 3.8) is 0 Å². The number of aromatic hydroxyl groups is 1. The molecule has 0 aliphatic rings. The first-order valence-corrected chi connectivity index (χ1v) is 10.9. The Bertz CT molecular complexity index is 1320. The summed E-state index contributed by atoms with van der Waals surface area (Å²) in [6.07, 6.45) is 0. The highest BCUT2D eigenvalue weighted by atomic mass is 19.2. The number of hydrogen-bond donors (Lipinski definition) is 1. The van der Waals surface area contributed by atoms with Crippen LogP contribution >= 0.6 is 0 Å². The van der Waals surface area contributed by atoms with Gasteiger partial charge in [0.15, 0.2) is 23.3 Å². The van der Waals surface area contributed by atoms with Gasteiger partial charge in [-0.05, 0) is 42.3 Å². The molecule has 35 heavy (non-hydrogen) atoms. The van der Waals surface area contributed by atoms with Gasteiger partial charge in [0.2, 0.25) is 0 Å².